The number of hydrogen-bond acceptors (Lipinski definition) is 2. The molecule has 0 amide bonds. The molecule has 5 aliphatic rings. The third kappa shape index (κ3) is 2.45. The molecule has 1 heterocycles. The van der Waals surface area contributed by atoms with Gasteiger partial charge in [0.15, 0.2) is 0 Å². The quantitative estimate of drug-likeness (QED) is 0.850. The van der Waals surface area contributed by atoms with Crippen molar-refractivity contribution in [1.82, 2.24) is 5.32 Å². The molecule has 0 radical (unpaired) electrons. The van der Waals surface area contributed by atoms with E-state index >= 15 is 0 Å². The van der Waals surface area contributed by atoms with Gasteiger partial charge in [-0.15, -0.1) is 0 Å². The summed E-state index contributed by atoms with van der Waals surface area (Å²) in [5.74, 6) is 3.96. The molecular formula is C18H29NO. The molecule has 0 spiro atoms. The van der Waals surface area contributed by atoms with E-state index in [4.69, 9.17) is 0 Å². The first-order chi connectivity index (χ1) is 9.72. The van der Waals surface area contributed by atoms with Crippen molar-refractivity contribution >= 4 is 5.78 Å². The number of rotatable bonds is 4. The zero-order valence-corrected chi connectivity index (χ0v) is 12.7. The fourth-order valence-electron chi connectivity index (χ4n) is 6.32. The van der Waals surface area contributed by atoms with Gasteiger partial charge >= 0.3 is 0 Å². The van der Waals surface area contributed by atoms with Gasteiger partial charge in [-0.1, -0.05) is 0 Å². The molecule has 4 bridgehead atoms. The van der Waals surface area contributed by atoms with Crippen molar-refractivity contribution < 1.29 is 4.79 Å². The Labute approximate surface area is 123 Å². The molecule has 0 aromatic carbocycles. The van der Waals surface area contributed by atoms with Gasteiger partial charge in [-0.2, -0.15) is 0 Å². The summed E-state index contributed by atoms with van der Waals surface area (Å²) in [6, 6.07) is 0. The molecule has 112 valence electrons. The van der Waals surface area contributed by atoms with E-state index < -0.39 is 0 Å². The Bertz CT molecular complexity index is 348. The summed E-state index contributed by atoms with van der Waals surface area (Å²) < 4.78 is 0. The highest BCUT2D eigenvalue weighted by atomic mass is 16.1. The van der Waals surface area contributed by atoms with Gasteiger partial charge in [-0.3, -0.25) is 4.79 Å². The van der Waals surface area contributed by atoms with Gasteiger partial charge in [-0.25, -0.2) is 0 Å². The predicted octanol–water partition coefficient (Wildman–Crippen LogP) is 3.55. The van der Waals surface area contributed by atoms with Crippen molar-refractivity contribution in [2.45, 2.75) is 64.2 Å². The molecular weight excluding hydrogens is 246 g/mol. The number of piperidine rings is 1. The smallest absolute Gasteiger partial charge is 0.137 e. The van der Waals surface area contributed by atoms with Gasteiger partial charge in [0.25, 0.3) is 0 Å². The number of carbonyl (C=O) groups excluding carboxylic acids is 1. The van der Waals surface area contributed by atoms with Crippen LogP contribution in [0.3, 0.4) is 0 Å². The molecule has 5 fully saturated rings. The monoisotopic (exact) mass is 275 g/mol. The van der Waals surface area contributed by atoms with Crippen LogP contribution in [0.1, 0.15) is 64.2 Å². The van der Waals surface area contributed by atoms with Crippen molar-refractivity contribution in [2.75, 3.05) is 13.1 Å². The lowest BCUT2D eigenvalue weighted by atomic mass is 9.48. The van der Waals surface area contributed by atoms with E-state index in [1.165, 1.54) is 51.4 Å². The van der Waals surface area contributed by atoms with Crippen molar-refractivity contribution in [2.24, 2.45) is 29.1 Å². The molecule has 1 N–H and O–H groups in total. The minimum Gasteiger partial charge on any atom is -0.316 e. The minimum atomic E-state index is 0.331. The molecule has 1 aliphatic heterocycles. The minimum absolute atomic E-state index is 0.331. The normalized spacial score (nSPS) is 46.6. The molecule has 1 unspecified atom stereocenters. The standard InChI is InChI=1S/C18H29NO/c20-17(16-2-1-5-19-12-16)3-4-18-9-13-6-14(10-18)8-15(7-13)11-18/h13-16,19H,1-12H2. The number of Topliss-reactive ketones (excluding diaryl/α,β-unsaturated/α-hetero) is 1. The lowest BCUT2D eigenvalue weighted by Gasteiger charge is -2.57. The highest BCUT2D eigenvalue weighted by Crippen LogP contribution is 2.61. The fourth-order valence-corrected chi connectivity index (χ4v) is 6.32. The summed E-state index contributed by atoms with van der Waals surface area (Å²) in [4.78, 5) is 12.5. The topological polar surface area (TPSA) is 29.1 Å². The third-order valence-electron chi connectivity index (χ3n) is 6.82. The van der Waals surface area contributed by atoms with Gasteiger partial charge in [-0.05, 0) is 87.5 Å². The Balaban J connectivity index is 1.36. The molecule has 0 aromatic rings. The summed E-state index contributed by atoms with van der Waals surface area (Å²) >= 11 is 0. The van der Waals surface area contributed by atoms with Crippen LogP contribution < -0.4 is 5.32 Å². The first-order valence-electron chi connectivity index (χ1n) is 8.96. The third-order valence-corrected chi connectivity index (χ3v) is 6.82. The first-order valence-corrected chi connectivity index (χ1v) is 8.96. The average molecular weight is 275 g/mol. The van der Waals surface area contributed by atoms with E-state index in [-0.39, 0.29) is 0 Å². The van der Waals surface area contributed by atoms with Crippen molar-refractivity contribution in [3.8, 4) is 0 Å². The van der Waals surface area contributed by atoms with E-state index in [9.17, 15) is 4.79 Å². The summed E-state index contributed by atoms with van der Waals surface area (Å²) in [6.07, 6.45) is 13.3. The number of carbonyl (C=O) groups is 1. The summed E-state index contributed by atoms with van der Waals surface area (Å²) in [5.41, 5.74) is 0.590. The van der Waals surface area contributed by atoms with E-state index in [0.717, 1.165) is 43.7 Å². The van der Waals surface area contributed by atoms with Crippen LogP contribution in [-0.4, -0.2) is 18.9 Å². The molecule has 5 rings (SSSR count). The maximum atomic E-state index is 12.5. The van der Waals surface area contributed by atoms with E-state index in [2.05, 4.69) is 5.32 Å². The zero-order valence-electron chi connectivity index (χ0n) is 12.7. The van der Waals surface area contributed by atoms with Crippen LogP contribution in [-0.2, 0) is 4.79 Å². The molecule has 2 nitrogen and oxygen atoms in total. The Kier molecular flexibility index (Phi) is 3.41. The van der Waals surface area contributed by atoms with Crippen LogP contribution in [0.15, 0.2) is 0 Å². The molecule has 1 atom stereocenters. The number of ketones is 1. The summed E-state index contributed by atoms with van der Waals surface area (Å²) in [6.45, 7) is 2.05. The van der Waals surface area contributed by atoms with Gasteiger partial charge in [0, 0.05) is 18.9 Å². The van der Waals surface area contributed by atoms with Gasteiger partial charge < -0.3 is 5.32 Å². The second kappa shape index (κ2) is 5.12. The highest BCUT2D eigenvalue weighted by molar-refractivity contribution is 5.81. The van der Waals surface area contributed by atoms with Crippen LogP contribution in [0.5, 0.6) is 0 Å². The van der Waals surface area contributed by atoms with Crippen molar-refractivity contribution in [3.05, 3.63) is 0 Å². The largest absolute Gasteiger partial charge is 0.316 e. The Morgan fingerprint density at radius 2 is 1.70 bits per heavy atom. The maximum absolute atomic E-state index is 12.5. The van der Waals surface area contributed by atoms with Gasteiger partial charge in [0.05, 0.1) is 0 Å². The Hall–Kier alpha value is -0.370. The Morgan fingerprint density at radius 1 is 1.05 bits per heavy atom. The molecule has 2 heteroatoms. The molecule has 4 aliphatic carbocycles. The molecule has 4 saturated carbocycles. The zero-order chi connectivity index (χ0) is 13.6. The maximum Gasteiger partial charge on any atom is 0.137 e. The average Bonchev–Trinajstić information content (AvgIpc) is 2.44. The second-order valence-electron chi connectivity index (χ2n) is 8.43. The fraction of sp³-hybridized carbons (Fsp3) is 0.944. The van der Waals surface area contributed by atoms with Gasteiger partial charge in [0.1, 0.15) is 5.78 Å². The lowest BCUT2D eigenvalue weighted by molar-refractivity contribution is -0.125. The van der Waals surface area contributed by atoms with Crippen LogP contribution in [0.4, 0.5) is 0 Å². The first kappa shape index (κ1) is 13.3. The highest BCUT2D eigenvalue weighted by Gasteiger charge is 2.50. The number of hydrogen-bond donors (Lipinski definition) is 1. The predicted molar refractivity (Wildman–Crippen MR) is 80.4 cm³/mol. The summed E-state index contributed by atoms with van der Waals surface area (Å²) in [7, 11) is 0. The summed E-state index contributed by atoms with van der Waals surface area (Å²) in [5, 5.41) is 3.39. The van der Waals surface area contributed by atoms with E-state index in [1.807, 2.05) is 0 Å². The van der Waals surface area contributed by atoms with Crippen LogP contribution in [0.25, 0.3) is 0 Å². The number of nitrogens with one attached hydrogen (secondary N) is 1. The van der Waals surface area contributed by atoms with Gasteiger partial charge in [0.2, 0.25) is 0 Å². The van der Waals surface area contributed by atoms with Crippen molar-refractivity contribution in [1.29, 1.82) is 0 Å². The SMILES string of the molecule is O=C(CCC12CC3CC(CC(C3)C1)C2)C1CCCNC1. The van der Waals surface area contributed by atoms with Crippen molar-refractivity contribution in [3.63, 3.8) is 0 Å². The van der Waals surface area contributed by atoms with E-state index in [0.29, 0.717) is 17.1 Å². The van der Waals surface area contributed by atoms with Crippen LogP contribution in [0.2, 0.25) is 0 Å². The molecule has 20 heavy (non-hydrogen) atoms. The van der Waals surface area contributed by atoms with Crippen LogP contribution >= 0.6 is 0 Å². The van der Waals surface area contributed by atoms with Crippen LogP contribution in [0, 0.1) is 29.1 Å². The van der Waals surface area contributed by atoms with E-state index in [1.54, 1.807) is 0 Å². The second-order valence-corrected chi connectivity index (χ2v) is 8.43. The molecule has 0 aromatic heterocycles. The Morgan fingerprint density at radius 3 is 2.25 bits per heavy atom. The molecule has 1 saturated heterocycles. The lowest BCUT2D eigenvalue weighted by Crippen LogP contribution is -2.46.